The Morgan fingerprint density at radius 3 is 0.686 bits per heavy atom. The zero-order valence-electron chi connectivity index (χ0n) is 79.4. The van der Waals surface area contributed by atoms with E-state index in [0.717, 1.165) is 24.0 Å². The molecule has 0 aliphatic heterocycles. The van der Waals surface area contributed by atoms with Crippen molar-refractivity contribution in [1.29, 1.82) is 0 Å². The van der Waals surface area contributed by atoms with Crippen LogP contribution in [0.2, 0.25) is 0 Å². The number of rotatable bonds is 8. The van der Waals surface area contributed by atoms with E-state index in [4.69, 9.17) is 0 Å². The molecule has 121 heavy (non-hydrogen) atoms. The summed E-state index contributed by atoms with van der Waals surface area (Å²) in [5.74, 6) is 0.297. The molecule has 14 aromatic rings. The van der Waals surface area contributed by atoms with Crippen molar-refractivity contribution in [1.82, 2.24) is 0 Å². The second-order valence-electron chi connectivity index (χ2n) is 40.8. The molecular weight excluding hydrogens is 1640 g/mol. The van der Waals surface area contributed by atoms with Gasteiger partial charge in [-0.25, -0.2) is 0 Å². The molecule has 636 valence electrons. The van der Waals surface area contributed by atoms with Gasteiger partial charge >= 0.3 is 69.7 Å². The van der Waals surface area contributed by atoms with Gasteiger partial charge in [0, 0.05) is 0 Å². The molecule has 0 radical (unpaired) electrons. The minimum Gasteiger partial charge on any atom is -1.00 e. The fourth-order valence-electron chi connectivity index (χ4n) is 15.0. The molecule has 14 rings (SSSR count). The summed E-state index contributed by atoms with van der Waals surface area (Å²) in [7, 11) is 0. The van der Waals surface area contributed by atoms with Crippen molar-refractivity contribution in [2.75, 3.05) is 0 Å². The minimum atomic E-state index is -0.0711. The molecule has 0 unspecified atom stereocenters. The fraction of sp³-hybridized carbons (Fsp3) is 0.362. The van der Waals surface area contributed by atoms with Gasteiger partial charge < -0.3 is 22.6 Å². The van der Waals surface area contributed by atoms with Crippen LogP contribution in [0.15, 0.2) is 255 Å². The molecule has 2 nitrogen and oxygen atoms in total. The van der Waals surface area contributed by atoms with Gasteiger partial charge in [-0.15, -0.1) is 150 Å². The Bertz CT molecular complexity index is 5230. The molecule has 0 fully saturated rings. The molecule has 0 spiro atoms. The van der Waals surface area contributed by atoms with E-state index in [9.17, 15) is 10.2 Å². The number of halogens is 1. The van der Waals surface area contributed by atoms with Crippen molar-refractivity contribution in [2.24, 2.45) is 0 Å². The molecular formula is C116H142ClO2Zr2-3. The third-order valence-electron chi connectivity index (χ3n) is 22.0. The van der Waals surface area contributed by atoms with Crippen LogP contribution in [-0.2, 0) is 105 Å². The Kier molecular flexibility index (Phi) is 36.7. The number of aryl methyl sites for hydroxylation is 4. The Morgan fingerprint density at radius 2 is 0.479 bits per heavy atom. The summed E-state index contributed by atoms with van der Waals surface area (Å²) < 4.78 is 4.18. The molecule has 0 heterocycles. The topological polar surface area (TPSA) is 46.1 Å². The third kappa shape index (κ3) is 29.1. The first-order valence-electron chi connectivity index (χ1n) is 43.6. The second-order valence-corrected chi connectivity index (χ2v) is 43.7. The summed E-state index contributed by atoms with van der Waals surface area (Å²) in [6, 6.07) is 92.4. The van der Waals surface area contributed by atoms with Gasteiger partial charge in [0.15, 0.2) is 0 Å². The number of hydrogen-bond acceptors (Lipinski definition) is 2. The van der Waals surface area contributed by atoms with Crippen LogP contribution >= 0.6 is 0 Å². The monoisotopic (exact) mass is 1780 g/mol. The van der Waals surface area contributed by atoms with E-state index in [0.29, 0.717) is 0 Å². The summed E-state index contributed by atoms with van der Waals surface area (Å²) in [5.41, 5.74) is 26.9. The summed E-state index contributed by atoms with van der Waals surface area (Å²) in [6.45, 7) is 65.4. The van der Waals surface area contributed by atoms with Crippen LogP contribution in [0.5, 0.6) is 11.5 Å². The van der Waals surface area contributed by atoms with Crippen LogP contribution in [0.1, 0.15) is 273 Å². The largest absolute Gasteiger partial charge is 1.00 e. The maximum absolute atomic E-state index is 11.7. The Morgan fingerprint density at radius 1 is 0.273 bits per heavy atom. The second kappa shape index (κ2) is 43.6. The number of benzene rings is 10. The molecule has 0 amide bonds. The van der Waals surface area contributed by atoms with Gasteiger partial charge in [-0.05, 0) is 112 Å². The first kappa shape index (κ1) is 102. The minimum absolute atomic E-state index is 0. The maximum Gasteiger partial charge on any atom is -0.0132 e. The summed E-state index contributed by atoms with van der Waals surface area (Å²) in [6.07, 6.45) is 4.73. The average molecular weight is 1790 g/mol. The van der Waals surface area contributed by atoms with Crippen molar-refractivity contribution < 1.29 is 71.1 Å². The van der Waals surface area contributed by atoms with Crippen LogP contribution < -0.4 is 22.6 Å². The summed E-state index contributed by atoms with van der Waals surface area (Å²) in [5, 5.41) is 34.4. The van der Waals surface area contributed by atoms with E-state index in [1.807, 2.05) is 26.0 Å². The van der Waals surface area contributed by atoms with Crippen LogP contribution in [0.3, 0.4) is 0 Å². The normalized spacial score (nSPS) is 11.8. The van der Waals surface area contributed by atoms with Crippen LogP contribution in [0.25, 0.3) is 87.6 Å². The Hall–Kier alpha value is -7.96. The average Bonchev–Trinajstić information content (AvgIpc) is 1.68. The van der Waals surface area contributed by atoms with Gasteiger partial charge in [-0.1, -0.05) is 398 Å². The fourth-order valence-corrected chi connectivity index (χ4v) is 15.0. The molecule has 0 aromatic heterocycles. The van der Waals surface area contributed by atoms with Crippen molar-refractivity contribution in [3.63, 3.8) is 0 Å². The molecule has 0 N–H and O–H groups in total. The van der Waals surface area contributed by atoms with Crippen LogP contribution in [-0.4, -0.2) is 7.42 Å². The van der Waals surface area contributed by atoms with E-state index in [1.165, 1.54) is 205 Å². The standard InChI is InChI=1S/2C22H25.2C20H21.2C14H22O.2C2H4.ClH.2Zr/c2*1-5-7-16-14-18-8-6-9-20(21(18)15-16)17-10-12-19(13-11-17)22(2,3)4;2*1-14-12-16-6-5-7-18(19(16)13-14)15-8-10-17(11-9-15)20(2,3)4;2*1-13(2,3)10-7-8-12(15)11(9-10)14(4,5)6;2*1-2;;;/h2*6,8-15H,5,7H2,1-4H3;2*5-13H,1-4H3;2*7-9,15H,1-6H3;2*1H,2H3;1H;;/q4*-1;;;;;;2*+2/p-3. The van der Waals surface area contributed by atoms with E-state index < -0.39 is 0 Å². The van der Waals surface area contributed by atoms with Gasteiger partial charge in [-0.2, -0.15) is 24.3 Å². The van der Waals surface area contributed by atoms with Gasteiger partial charge in [-0.3, -0.25) is 0 Å². The summed E-state index contributed by atoms with van der Waals surface area (Å²) >= 11 is 3.02. The zero-order chi connectivity index (χ0) is 89.3. The molecule has 0 aliphatic rings. The predicted octanol–water partition coefficient (Wildman–Crippen LogP) is 29.0. The van der Waals surface area contributed by atoms with E-state index in [2.05, 4.69) is 432 Å². The maximum atomic E-state index is 11.7. The SMILES string of the molecule is CC(C)(C)c1ccc([O-])c(C(C)(C)C)c1.CC(C)(C)c1ccc([O-])c(C(C)(C)C)c1.CCCc1cc2c(-c3ccc(C(C)(C)C)cc3)cccc2[cH-]1.CCCc1cc2c(-c3ccc(C(C)(C)C)cc3)cccc2[cH-]1.C[CH]=[Zr+2].C[CH]=[Zr+2].Cc1cc2c(-c3ccc(C(C)(C)C)cc3)cccc2[cH-]1.Cc1cc2c(-c3ccc(C(C)(C)C)cc3)cccc2[cH-]1.[Cl-]. The van der Waals surface area contributed by atoms with Gasteiger partial charge in [0.2, 0.25) is 0 Å². The number of hydrogen-bond donors (Lipinski definition) is 0. The Balaban J connectivity index is 0.000000223. The van der Waals surface area contributed by atoms with Crippen molar-refractivity contribution in [2.45, 2.75) is 277 Å². The molecule has 0 aliphatic carbocycles. The van der Waals surface area contributed by atoms with Gasteiger partial charge in [0.1, 0.15) is 0 Å². The van der Waals surface area contributed by atoms with Crippen molar-refractivity contribution >= 4 is 50.5 Å². The van der Waals surface area contributed by atoms with Gasteiger partial charge in [0.05, 0.1) is 0 Å². The predicted molar refractivity (Wildman–Crippen MR) is 522 cm³/mol. The summed E-state index contributed by atoms with van der Waals surface area (Å²) in [4.78, 5) is 0. The van der Waals surface area contributed by atoms with Gasteiger partial charge in [0.25, 0.3) is 0 Å². The number of fused-ring (bicyclic) bond motifs is 4. The zero-order valence-corrected chi connectivity index (χ0v) is 85.1. The van der Waals surface area contributed by atoms with Crippen LogP contribution in [0.4, 0.5) is 0 Å². The first-order chi connectivity index (χ1) is 55.9. The smallest absolute Gasteiger partial charge is 0.0132 e. The molecule has 0 bridgehead atoms. The van der Waals surface area contributed by atoms with E-state index in [1.54, 1.807) is 12.1 Å². The third-order valence-corrected chi connectivity index (χ3v) is 22.0. The van der Waals surface area contributed by atoms with Crippen molar-refractivity contribution in [3.05, 3.63) is 322 Å². The van der Waals surface area contributed by atoms with Crippen LogP contribution in [0, 0.1) is 13.8 Å². The molecule has 0 atom stereocenters. The molecule has 5 heteroatoms. The first-order valence-corrected chi connectivity index (χ1v) is 46.5. The molecule has 0 saturated heterocycles. The van der Waals surface area contributed by atoms with E-state index in [-0.39, 0.29) is 67.2 Å². The molecule has 14 aromatic carbocycles. The van der Waals surface area contributed by atoms with Crippen molar-refractivity contribution in [3.8, 4) is 56.0 Å². The Labute approximate surface area is 769 Å². The quantitative estimate of drug-likeness (QED) is 0.142. The van der Waals surface area contributed by atoms with E-state index >= 15 is 0 Å². The molecule has 0 saturated carbocycles.